The summed E-state index contributed by atoms with van der Waals surface area (Å²) in [4.78, 5) is 2.43. The zero-order valence-corrected chi connectivity index (χ0v) is 12.0. The number of rotatable bonds is 4. The Morgan fingerprint density at radius 2 is 2.06 bits per heavy atom. The Hall–Kier alpha value is -0.730. The van der Waals surface area contributed by atoms with Gasteiger partial charge in [0.2, 0.25) is 0 Å². The first-order chi connectivity index (χ1) is 8.60. The van der Waals surface area contributed by atoms with Crippen molar-refractivity contribution in [1.82, 2.24) is 4.90 Å². The molecule has 1 aromatic rings. The summed E-state index contributed by atoms with van der Waals surface area (Å²) in [6.45, 7) is 7.61. The van der Waals surface area contributed by atoms with E-state index in [-0.39, 0.29) is 5.75 Å². The number of phenols is 1. The number of benzene rings is 1. The molecule has 2 rings (SSSR count). The number of nitrogens with zero attached hydrogens (tertiary/aromatic N) is 1. The smallest absolute Gasteiger partial charge is 0.138 e. The summed E-state index contributed by atoms with van der Waals surface area (Å²) in [5.41, 5.74) is 1.42. The van der Waals surface area contributed by atoms with Crippen LogP contribution in [0.5, 0.6) is 5.75 Å². The normalized spacial score (nSPS) is 19.3. The molecule has 3 heteroatoms. The van der Waals surface area contributed by atoms with Crippen molar-refractivity contribution in [3.63, 3.8) is 0 Å². The fourth-order valence-corrected chi connectivity index (χ4v) is 3.11. The van der Waals surface area contributed by atoms with Gasteiger partial charge in [-0.25, -0.2) is 0 Å². The molecule has 0 atom stereocenters. The van der Waals surface area contributed by atoms with Gasteiger partial charge < -0.3 is 5.11 Å². The molecule has 0 bridgehead atoms. The summed E-state index contributed by atoms with van der Waals surface area (Å²) in [6, 6.07) is 5.59. The molecule has 0 saturated carbocycles. The van der Waals surface area contributed by atoms with Crippen LogP contribution in [-0.4, -0.2) is 23.1 Å². The van der Waals surface area contributed by atoms with Gasteiger partial charge in [-0.1, -0.05) is 37.6 Å². The molecule has 1 aromatic carbocycles. The van der Waals surface area contributed by atoms with Gasteiger partial charge >= 0.3 is 0 Å². The van der Waals surface area contributed by atoms with Crippen molar-refractivity contribution >= 4 is 11.6 Å². The molecule has 1 aliphatic heterocycles. The lowest BCUT2D eigenvalue weighted by Crippen LogP contribution is -2.26. The number of likely N-dealkylation sites (tertiary alicyclic amines) is 1. The first-order valence-corrected chi connectivity index (χ1v) is 7.17. The van der Waals surface area contributed by atoms with Crippen LogP contribution in [0.1, 0.15) is 38.7 Å². The zero-order valence-electron chi connectivity index (χ0n) is 11.2. The molecule has 0 spiro atoms. The summed E-state index contributed by atoms with van der Waals surface area (Å²) < 4.78 is 0. The van der Waals surface area contributed by atoms with Crippen LogP contribution >= 0.6 is 11.6 Å². The first kappa shape index (κ1) is 13.7. The van der Waals surface area contributed by atoms with Gasteiger partial charge in [0.1, 0.15) is 5.75 Å². The second kappa shape index (κ2) is 5.50. The van der Waals surface area contributed by atoms with Gasteiger partial charge in [-0.2, -0.15) is 0 Å². The Kier molecular flexibility index (Phi) is 4.18. The molecule has 0 aliphatic carbocycles. The number of hydrogen-bond acceptors (Lipinski definition) is 2. The van der Waals surface area contributed by atoms with E-state index in [1.807, 2.05) is 12.1 Å². The highest BCUT2D eigenvalue weighted by Gasteiger charge is 2.34. The lowest BCUT2D eigenvalue weighted by Gasteiger charge is -2.26. The predicted molar refractivity (Wildman–Crippen MR) is 76.0 cm³/mol. The van der Waals surface area contributed by atoms with Crippen LogP contribution in [0.3, 0.4) is 0 Å². The minimum atomic E-state index is 0.240. The van der Waals surface area contributed by atoms with Gasteiger partial charge in [0.25, 0.3) is 0 Å². The van der Waals surface area contributed by atoms with E-state index in [0.717, 1.165) is 25.2 Å². The molecule has 1 N–H and O–H groups in total. The molecule has 1 heterocycles. The largest absolute Gasteiger partial charge is 0.506 e. The van der Waals surface area contributed by atoms with Crippen molar-refractivity contribution < 1.29 is 5.11 Å². The molecule has 0 radical (unpaired) electrons. The molecular weight excluding hydrogens is 246 g/mol. The van der Waals surface area contributed by atoms with E-state index in [4.69, 9.17) is 11.6 Å². The fraction of sp³-hybridized carbons (Fsp3) is 0.600. The highest BCUT2D eigenvalue weighted by molar-refractivity contribution is 6.32. The summed E-state index contributed by atoms with van der Waals surface area (Å²) >= 11 is 5.94. The standard InChI is InChI=1S/C15H22ClNO/c1-3-15(4-2)8-9-17(11-15)10-12-6-5-7-13(16)14(12)18/h5-7,18H,3-4,8-11H2,1-2H3. The van der Waals surface area contributed by atoms with Crippen LogP contribution in [0.15, 0.2) is 18.2 Å². The second-order valence-electron chi connectivity index (χ2n) is 5.42. The van der Waals surface area contributed by atoms with Gasteiger partial charge in [0.05, 0.1) is 5.02 Å². The predicted octanol–water partition coefficient (Wildman–Crippen LogP) is 4.06. The Morgan fingerprint density at radius 3 is 2.67 bits per heavy atom. The molecule has 18 heavy (non-hydrogen) atoms. The van der Waals surface area contributed by atoms with E-state index in [9.17, 15) is 5.11 Å². The quantitative estimate of drug-likeness (QED) is 0.889. The van der Waals surface area contributed by atoms with Crippen LogP contribution in [0.2, 0.25) is 5.02 Å². The van der Waals surface area contributed by atoms with Crippen molar-refractivity contribution in [2.24, 2.45) is 5.41 Å². The number of para-hydroxylation sites is 1. The molecule has 1 fully saturated rings. The van der Waals surface area contributed by atoms with Gasteiger partial charge in [-0.3, -0.25) is 4.90 Å². The molecule has 0 amide bonds. The average Bonchev–Trinajstić information content (AvgIpc) is 2.79. The van der Waals surface area contributed by atoms with E-state index in [0.29, 0.717) is 10.4 Å². The van der Waals surface area contributed by atoms with Crippen molar-refractivity contribution in [3.8, 4) is 5.75 Å². The SMILES string of the molecule is CCC1(CC)CCN(Cc2cccc(Cl)c2O)C1. The van der Waals surface area contributed by atoms with Crippen LogP contribution in [-0.2, 0) is 6.54 Å². The maximum Gasteiger partial charge on any atom is 0.138 e. The molecular formula is C15H22ClNO. The van der Waals surface area contributed by atoms with E-state index < -0.39 is 0 Å². The average molecular weight is 268 g/mol. The van der Waals surface area contributed by atoms with Crippen LogP contribution < -0.4 is 0 Å². The zero-order chi connectivity index (χ0) is 13.2. The Bertz CT molecular complexity index is 415. The number of phenolic OH excluding ortho intramolecular Hbond substituents is 1. The molecule has 2 nitrogen and oxygen atoms in total. The monoisotopic (exact) mass is 267 g/mol. The van der Waals surface area contributed by atoms with Crippen LogP contribution in [0.25, 0.3) is 0 Å². The second-order valence-corrected chi connectivity index (χ2v) is 5.82. The maximum atomic E-state index is 9.94. The van der Waals surface area contributed by atoms with Crippen molar-refractivity contribution in [2.45, 2.75) is 39.7 Å². The van der Waals surface area contributed by atoms with E-state index in [1.165, 1.54) is 19.3 Å². The van der Waals surface area contributed by atoms with Gasteiger partial charge in [0.15, 0.2) is 0 Å². The van der Waals surface area contributed by atoms with E-state index in [1.54, 1.807) is 6.07 Å². The number of aromatic hydroxyl groups is 1. The molecule has 100 valence electrons. The summed E-state index contributed by atoms with van der Waals surface area (Å²) in [6.07, 6.45) is 3.74. The third-order valence-electron chi connectivity index (χ3n) is 4.48. The first-order valence-electron chi connectivity index (χ1n) is 6.79. The summed E-state index contributed by atoms with van der Waals surface area (Å²) in [5.74, 6) is 0.240. The fourth-order valence-electron chi connectivity index (χ4n) is 2.92. The lowest BCUT2D eigenvalue weighted by atomic mass is 9.82. The Balaban J connectivity index is 2.06. The topological polar surface area (TPSA) is 23.5 Å². The lowest BCUT2D eigenvalue weighted by molar-refractivity contribution is 0.234. The van der Waals surface area contributed by atoms with E-state index >= 15 is 0 Å². The highest BCUT2D eigenvalue weighted by atomic mass is 35.5. The minimum absolute atomic E-state index is 0.240. The molecule has 0 unspecified atom stereocenters. The molecule has 0 aromatic heterocycles. The van der Waals surface area contributed by atoms with Crippen molar-refractivity contribution in [1.29, 1.82) is 0 Å². The van der Waals surface area contributed by atoms with Gasteiger partial charge in [-0.05, 0) is 37.3 Å². The van der Waals surface area contributed by atoms with Gasteiger partial charge in [-0.15, -0.1) is 0 Å². The van der Waals surface area contributed by atoms with Crippen molar-refractivity contribution in [3.05, 3.63) is 28.8 Å². The highest BCUT2D eigenvalue weighted by Crippen LogP contribution is 2.38. The molecule has 1 aliphatic rings. The van der Waals surface area contributed by atoms with E-state index in [2.05, 4.69) is 18.7 Å². The Morgan fingerprint density at radius 1 is 1.33 bits per heavy atom. The van der Waals surface area contributed by atoms with Crippen LogP contribution in [0, 0.1) is 5.41 Å². The number of hydrogen-bond donors (Lipinski definition) is 1. The summed E-state index contributed by atoms with van der Waals surface area (Å²) in [5, 5.41) is 10.4. The minimum Gasteiger partial charge on any atom is -0.506 e. The molecule has 1 saturated heterocycles. The third-order valence-corrected chi connectivity index (χ3v) is 4.79. The summed E-state index contributed by atoms with van der Waals surface area (Å²) in [7, 11) is 0. The Labute approximate surface area is 115 Å². The maximum absolute atomic E-state index is 9.94. The number of halogens is 1. The third kappa shape index (κ3) is 2.65. The van der Waals surface area contributed by atoms with Crippen molar-refractivity contribution in [2.75, 3.05) is 13.1 Å². The van der Waals surface area contributed by atoms with Crippen LogP contribution in [0.4, 0.5) is 0 Å². The van der Waals surface area contributed by atoms with Gasteiger partial charge in [0, 0.05) is 18.7 Å².